The average Bonchev–Trinajstić information content (AvgIpc) is 3.00. The third-order valence-corrected chi connectivity index (χ3v) is 6.98. The third-order valence-electron chi connectivity index (χ3n) is 5.00. The topological polar surface area (TPSA) is 59.1 Å². The van der Waals surface area contributed by atoms with Gasteiger partial charge in [0.2, 0.25) is 10.0 Å². The fourth-order valence-corrected chi connectivity index (χ4v) is 5.49. The molecule has 1 aromatic rings. The summed E-state index contributed by atoms with van der Waals surface area (Å²) in [5.41, 5.74) is 0. The Hall–Kier alpha value is -1.31. The Morgan fingerprint density at radius 3 is 2.74 bits per heavy atom. The van der Waals surface area contributed by atoms with E-state index >= 15 is 0 Å². The molecule has 0 N–H and O–H groups in total. The number of rotatable bonds is 2. The zero-order valence-corrected chi connectivity index (χ0v) is 14.1. The molecule has 0 amide bonds. The number of hydrogen-bond acceptors (Lipinski definition) is 5. The van der Waals surface area contributed by atoms with Crippen molar-refractivity contribution in [2.45, 2.75) is 36.7 Å². The predicted molar refractivity (Wildman–Crippen MR) is 85.4 cm³/mol. The molecule has 3 aliphatic rings. The van der Waals surface area contributed by atoms with Crippen molar-refractivity contribution in [3.8, 4) is 11.5 Å². The lowest BCUT2D eigenvalue weighted by Crippen LogP contribution is -2.56. The van der Waals surface area contributed by atoms with Crippen molar-refractivity contribution in [1.82, 2.24) is 9.21 Å². The molecule has 3 aliphatic heterocycles. The summed E-state index contributed by atoms with van der Waals surface area (Å²) in [6.45, 7) is 5.43. The van der Waals surface area contributed by atoms with Crippen molar-refractivity contribution in [3.63, 3.8) is 0 Å². The molecule has 0 radical (unpaired) electrons. The molecule has 2 saturated heterocycles. The first-order valence-corrected chi connectivity index (χ1v) is 9.65. The van der Waals surface area contributed by atoms with Gasteiger partial charge in [-0.25, -0.2) is 8.42 Å². The van der Waals surface area contributed by atoms with Crippen LogP contribution in [-0.4, -0.2) is 62.6 Å². The highest BCUT2D eigenvalue weighted by Crippen LogP contribution is 2.35. The normalized spacial score (nSPS) is 28.6. The van der Waals surface area contributed by atoms with Crippen LogP contribution in [-0.2, 0) is 10.0 Å². The summed E-state index contributed by atoms with van der Waals surface area (Å²) in [5.74, 6) is 1.13. The molecule has 1 aromatic carbocycles. The first-order valence-electron chi connectivity index (χ1n) is 8.21. The molecule has 0 aromatic heterocycles. The minimum Gasteiger partial charge on any atom is -0.486 e. The maximum absolute atomic E-state index is 13.1. The number of ether oxygens (including phenoxy) is 2. The van der Waals surface area contributed by atoms with Gasteiger partial charge < -0.3 is 9.47 Å². The quantitative estimate of drug-likeness (QED) is 0.814. The number of sulfonamides is 1. The summed E-state index contributed by atoms with van der Waals surface area (Å²) in [7, 11) is -3.51. The molecule has 2 atom stereocenters. The first-order chi connectivity index (χ1) is 11.1. The Balaban J connectivity index is 1.64. The molecule has 6 nitrogen and oxygen atoms in total. The Morgan fingerprint density at radius 1 is 1.13 bits per heavy atom. The molecule has 0 saturated carbocycles. The van der Waals surface area contributed by atoms with Crippen LogP contribution >= 0.6 is 0 Å². The van der Waals surface area contributed by atoms with Gasteiger partial charge in [-0.15, -0.1) is 0 Å². The maximum atomic E-state index is 13.1. The summed E-state index contributed by atoms with van der Waals surface area (Å²) >= 11 is 0. The van der Waals surface area contributed by atoms with Crippen LogP contribution in [0.15, 0.2) is 23.1 Å². The molecule has 4 rings (SSSR count). The molecular formula is C16H22N2O4S. The van der Waals surface area contributed by atoms with Gasteiger partial charge >= 0.3 is 0 Å². The van der Waals surface area contributed by atoms with Gasteiger partial charge in [0.25, 0.3) is 0 Å². The van der Waals surface area contributed by atoms with E-state index in [0.717, 1.165) is 25.9 Å². The van der Waals surface area contributed by atoms with Crippen molar-refractivity contribution in [3.05, 3.63) is 18.2 Å². The molecular weight excluding hydrogens is 316 g/mol. The van der Waals surface area contributed by atoms with E-state index in [1.54, 1.807) is 22.5 Å². The number of benzene rings is 1. The summed E-state index contributed by atoms with van der Waals surface area (Å²) in [6, 6.07) is 5.26. The Labute approximate surface area is 137 Å². The Kier molecular flexibility index (Phi) is 3.74. The van der Waals surface area contributed by atoms with Gasteiger partial charge in [0.1, 0.15) is 13.2 Å². The van der Waals surface area contributed by atoms with Crippen LogP contribution in [0.5, 0.6) is 11.5 Å². The summed E-state index contributed by atoms with van der Waals surface area (Å²) in [5, 5.41) is 0. The molecule has 7 heteroatoms. The summed E-state index contributed by atoms with van der Waals surface area (Å²) in [6.07, 6.45) is 2.25. The second-order valence-corrected chi connectivity index (χ2v) is 8.41. The van der Waals surface area contributed by atoms with E-state index in [0.29, 0.717) is 42.2 Å². The van der Waals surface area contributed by atoms with E-state index < -0.39 is 10.0 Å². The number of piperazine rings is 1. The predicted octanol–water partition coefficient (Wildman–Crippen LogP) is 1.31. The highest BCUT2D eigenvalue weighted by Gasteiger charge is 2.40. The molecule has 3 heterocycles. The van der Waals surface area contributed by atoms with Crippen LogP contribution in [0.25, 0.3) is 0 Å². The largest absolute Gasteiger partial charge is 0.486 e. The van der Waals surface area contributed by atoms with Crippen molar-refractivity contribution in [1.29, 1.82) is 0 Å². The number of fused-ring (bicyclic) bond motifs is 2. The SMILES string of the molecule is C[C@@H]1CN2CCC[C@@H]2CN1S(=O)(=O)c1ccc2c(c1)OCCO2. The van der Waals surface area contributed by atoms with Crippen LogP contribution < -0.4 is 9.47 Å². The Morgan fingerprint density at radius 2 is 1.91 bits per heavy atom. The maximum Gasteiger partial charge on any atom is 0.243 e. The Bertz CT molecular complexity index is 706. The molecule has 0 unspecified atom stereocenters. The number of hydrogen-bond donors (Lipinski definition) is 0. The van der Waals surface area contributed by atoms with Crippen LogP contribution in [0.1, 0.15) is 19.8 Å². The van der Waals surface area contributed by atoms with Crippen LogP contribution in [0, 0.1) is 0 Å². The molecule has 0 bridgehead atoms. The van der Waals surface area contributed by atoms with Crippen molar-refractivity contribution in [2.75, 3.05) is 32.8 Å². The van der Waals surface area contributed by atoms with Crippen molar-refractivity contribution < 1.29 is 17.9 Å². The van der Waals surface area contributed by atoms with Crippen LogP contribution in [0.4, 0.5) is 0 Å². The minimum absolute atomic E-state index is 0.0115. The van der Waals surface area contributed by atoms with Crippen LogP contribution in [0.2, 0.25) is 0 Å². The van der Waals surface area contributed by atoms with E-state index in [2.05, 4.69) is 4.90 Å². The lowest BCUT2D eigenvalue weighted by molar-refractivity contribution is 0.117. The third kappa shape index (κ3) is 2.60. The van der Waals surface area contributed by atoms with E-state index in [4.69, 9.17) is 9.47 Å². The van der Waals surface area contributed by atoms with Gasteiger partial charge in [-0.3, -0.25) is 4.90 Å². The molecule has 0 aliphatic carbocycles. The van der Waals surface area contributed by atoms with E-state index in [9.17, 15) is 8.42 Å². The summed E-state index contributed by atoms with van der Waals surface area (Å²) in [4.78, 5) is 2.71. The van der Waals surface area contributed by atoms with Gasteiger partial charge in [0, 0.05) is 31.2 Å². The van der Waals surface area contributed by atoms with Gasteiger partial charge in [-0.1, -0.05) is 0 Å². The highest BCUT2D eigenvalue weighted by molar-refractivity contribution is 7.89. The van der Waals surface area contributed by atoms with E-state index in [1.165, 1.54) is 0 Å². The average molecular weight is 338 g/mol. The molecule has 0 spiro atoms. The summed E-state index contributed by atoms with van der Waals surface area (Å²) < 4.78 is 38.8. The zero-order chi connectivity index (χ0) is 16.0. The monoisotopic (exact) mass is 338 g/mol. The van der Waals surface area contributed by atoms with Crippen molar-refractivity contribution in [2.24, 2.45) is 0 Å². The highest BCUT2D eigenvalue weighted by atomic mass is 32.2. The van der Waals surface area contributed by atoms with Crippen LogP contribution in [0.3, 0.4) is 0 Å². The van der Waals surface area contributed by atoms with E-state index in [1.807, 2.05) is 6.92 Å². The lowest BCUT2D eigenvalue weighted by Gasteiger charge is -2.41. The van der Waals surface area contributed by atoms with Gasteiger partial charge in [0.15, 0.2) is 11.5 Å². The zero-order valence-electron chi connectivity index (χ0n) is 13.3. The standard InChI is InChI=1S/C16H22N2O4S/c1-12-10-17-6-2-3-13(17)11-18(12)23(19,20)14-4-5-15-16(9-14)22-8-7-21-15/h4-5,9,12-13H,2-3,6-8,10-11H2,1H3/t12-,13-/m1/s1. The first kappa shape index (κ1) is 15.2. The fraction of sp³-hybridized carbons (Fsp3) is 0.625. The fourth-order valence-electron chi connectivity index (χ4n) is 3.81. The van der Waals surface area contributed by atoms with Gasteiger partial charge in [0.05, 0.1) is 4.90 Å². The smallest absolute Gasteiger partial charge is 0.243 e. The molecule has 2 fully saturated rings. The molecule has 23 heavy (non-hydrogen) atoms. The van der Waals surface area contributed by atoms with Crippen molar-refractivity contribution >= 4 is 10.0 Å². The van der Waals surface area contributed by atoms with E-state index in [-0.39, 0.29) is 6.04 Å². The molecule has 126 valence electrons. The minimum atomic E-state index is -3.51. The second kappa shape index (κ2) is 5.65. The second-order valence-electron chi connectivity index (χ2n) is 6.52. The lowest BCUT2D eigenvalue weighted by atomic mass is 10.1. The van der Waals surface area contributed by atoms with Gasteiger partial charge in [-0.05, 0) is 38.4 Å². The number of nitrogens with zero attached hydrogens (tertiary/aromatic N) is 2. The van der Waals surface area contributed by atoms with Gasteiger partial charge in [-0.2, -0.15) is 4.31 Å².